The Morgan fingerprint density at radius 1 is 0.444 bits per heavy atom. The average molecular weight is 347 g/mol. The third kappa shape index (κ3) is 17.0. The maximum absolute atomic E-state index is 8.49. The molecule has 0 spiro atoms. The standard InChI is InChI=1S/C6H12S2.2ClHO4/c1-2-8-5-3-7(1)4-6-8;2*2-1(3,4)5/h1-6H2;2*(H,2,3,4,5)/q+2;;/p-2. The molecule has 3 aliphatic rings. The second kappa shape index (κ2) is 8.29. The van der Waals surface area contributed by atoms with Crippen LogP contribution in [-0.2, 0) is 21.8 Å². The van der Waals surface area contributed by atoms with Crippen molar-refractivity contribution in [2.75, 3.05) is 34.5 Å². The van der Waals surface area contributed by atoms with Gasteiger partial charge in [-0.3, -0.25) is 0 Å². The lowest BCUT2D eigenvalue weighted by molar-refractivity contribution is -2.00. The average Bonchev–Trinajstić information content (AvgIpc) is 2.15. The van der Waals surface area contributed by atoms with Crippen molar-refractivity contribution < 1.29 is 57.8 Å². The molecule has 18 heavy (non-hydrogen) atoms. The summed E-state index contributed by atoms with van der Waals surface area (Å²) in [5, 5.41) is 0. The lowest BCUT2D eigenvalue weighted by Gasteiger charge is -2.20. The van der Waals surface area contributed by atoms with Crippen molar-refractivity contribution in [3.63, 3.8) is 0 Å². The van der Waals surface area contributed by atoms with E-state index in [1.54, 1.807) is 34.5 Å². The molecular formula is C6H12Cl2O8S2. The second-order valence-corrected chi connectivity index (χ2v) is 9.62. The van der Waals surface area contributed by atoms with Gasteiger partial charge < -0.3 is 0 Å². The number of halogens is 2. The van der Waals surface area contributed by atoms with E-state index in [4.69, 9.17) is 37.3 Å². The third-order valence-electron chi connectivity index (χ3n) is 1.98. The summed E-state index contributed by atoms with van der Waals surface area (Å²) in [6, 6.07) is 0. The minimum absolute atomic E-state index is 0.921. The van der Waals surface area contributed by atoms with Crippen molar-refractivity contribution in [3.05, 3.63) is 0 Å². The first-order valence-electron chi connectivity index (χ1n) is 4.47. The van der Waals surface area contributed by atoms with Gasteiger partial charge in [-0.1, -0.05) is 0 Å². The van der Waals surface area contributed by atoms with E-state index in [-0.39, 0.29) is 0 Å². The van der Waals surface area contributed by atoms with Crippen LogP contribution in [0.2, 0.25) is 0 Å². The van der Waals surface area contributed by atoms with Crippen molar-refractivity contribution in [2.45, 2.75) is 0 Å². The minimum atomic E-state index is -4.94. The Balaban J connectivity index is 0.000000258. The monoisotopic (exact) mass is 346 g/mol. The highest BCUT2D eigenvalue weighted by atomic mass is 35.7. The summed E-state index contributed by atoms with van der Waals surface area (Å²) in [4.78, 5) is 0. The molecule has 3 rings (SSSR count). The van der Waals surface area contributed by atoms with Crippen LogP contribution < -0.4 is 37.3 Å². The molecule has 0 amide bonds. The van der Waals surface area contributed by atoms with Gasteiger partial charge in [-0.15, -0.1) is 20.5 Å². The zero-order chi connectivity index (χ0) is 14.4. The summed E-state index contributed by atoms with van der Waals surface area (Å²) >= 11 is 0. The Bertz CT molecular complexity index is 178. The summed E-state index contributed by atoms with van der Waals surface area (Å²) < 4.78 is 67.9. The lowest BCUT2D eigenvalue weighted by atomic mass is 10.9. The Morgan fingerprint density at radius 2 is 0.556 bits per heavy atom. The summed E-state index contributed by atoms with van der Waals surface area (Å²) in [5.41, 5.74) is 0. The molecule has 0 saturated carbocycles. The van der Waals surface area contributed by atoms with Gasteiger partial charge in [0.2, 0.25) is 0 Å². The fourth-order valence-electron chi connectivity index (χ4n) is 1.32. The lowest BCUT2D eigenvalue weighted by Crippen LogP contribution is -2.68. The molecule has 110 valence electrons. The van der Waals surface area contributed by atoms with Crippen LogP contribution in [0.3, 0.4) is 0 Å². The largest absolute Gasteiger partial charge is 0.222 e. The van der Waals surface area contributed by atoms with Gasteiger partial charge >= 0.3 is 0 Å². The second-order valence-electron chi connectivity index (χ2n) is 3.21. The van der Waals surface area contributed by atoms with E-state index in [1.165, 1.54) is 0 Å². The number of rotatable bonds is 0. The van der Waals surface area contributed by atoms with Crippen molar-refractivity contribution >= 4 is 21.8 Å². The van der Waals surface area contributed by atoms with Crippen molar-refractivity contribution in [2.24, 2.45) is 0 Å². The predicted octanol–water partition coefficient (Wildman–Crippen LogP) is -9.26. The van der Waals surface area contributed by atoms with Crippen LogP contribution in [0.15, 0.2) is 0 Å². The minimum Gasteiger partial charge on any atom is -0.222 e. The van der Waals surface area contributed by atoms with Crippen LogP contribution in [0.25, 0.3) is 0 Å². The number of hydrogen-bond acceptors (Lipinski definition) is 8. The fraction of sp³-hybridized carbons (Fsp3) is 1.00. The molecule has 0 aliphatic carbocycles. The van der Waals surface area contributed by atoms with E-state index in [2.05, 4.69) is 0 Å². The summed E-state index contributed by atoms with van der Waals surface area (Å²) in [7, 11) is -8.05. The normalized spacial score (nSPS) is 26.7. The molecule has 0 atom stereocenters. The Morgan fingerprint density at radius 3 is 0.611 bits per heavy atom. The SMILES string of the molecule is C1C[S+]2CC[S+]1CC2.[O-][Cl+3]([O-])([O-])[O-].[O-][Cl+3]([O-])([O-])[O-]. The summed E-state index contributed by atoms with van der Waals surface area (Å²) in [6.45, 7) is 0. The van der Waals surface area contributed by atoms with Gasteiger partial charge in [0.05, 0.1) is 0 Å². The van der Waals surface area contributed by atoms with Gasteiger partial charge in [0.15, 0.2) is 34.5 Å². The molecule has 12 heteroatoms. The highest BCUT2D eigenvalue weighted by Gasteiger charge is 2.41. The molecule has 0 unspecified atom stereocenters. The van der Waals surface area contributed by atoms with E-state index >= 15 is 0 Å². The van der Waals surface area contributed by atoms with Crippen LogP contribution in [0, 0.1) is 20.5 Å². The molecule has 3 fully saturated rings. The molecule has 0 radical (unpaired) electrons. The number of hydrogen-bond donors (Lipinski definition) is 0. The molecule has 8 nitrogen and oxygen atoms in total. The van der Waals surface area contributed by atoms with Crippen LogP contribution >= 0.6 is 0 Å². The van der Waals surface area contributed by atoms with E-state index in [0.29, 0.717) is 0 Å². The highest BCUT2D eigenvalue weighted by Crippen LogP contribution is 2.18. The molecule has 3 aliphatic heterocycles. The molecule has 0 aromatic heterocycles. The molecule has 2 bridgehead atoms. The van der Waals surface area contributed by atoms with Crippen LogP contribution in [0.5, 0.6) is 0 Å². The first-order valence-corrected chi connectivity index (χ1v) is 10.4. The van der Waals surface area contributed by atoms with Gasteiger partial charge in [0.25, 0.3) is 0 Å². The first kappa shape index (κ1) is 19.0. The smallest absolute Gasteiger partial charge is 0.152 e. The van der Waals surface area contributed by atoms with Crippen LogP contribution in [0.4, 0.5) is 0 Å². The van der Waals surface area contributed by atoms with E-state index in [9.17, 15) is 0 Å². The van der Waals surface area contributed by atoms with Crippen LogP contribution in [0.1, 0.15) is 0 Å². The first-order chi connectivity index (χ1) is 7.95. The van der Waals surface area contributed by atoms with Gasteiger partial charge in [0.1, 0.15) is 0 Å². The Kier molecular flexibility index (Phi) is 8.73. The molecule has 0 aromatic carbocycles. The summed E-state index contributed by atoms with van der Waals surface area (Å²) in [6.07, 6.45) is 0. The Labute approximate surface area is 114 Å². The number of fused-ring (bicyclic) bond motifs is 3. The Hall–Kier alpha value is 0.960. The highest BCUT2D eigenvalue weighted by molar-refractivity contribution is 8.06. The van der Waals surface area contributed by atoms with Gasteiger partial charge in [-0.05, 0) is 0 Å². The van der Waals surface area contributed by atoms with Gasteiger partial charge in [-0.25, -0.2) is 37.3 Å². The third-order valence-corrected chi connectivity index (χ3v) is 7.45. The zero-order valence-corrected chi connectivity index (χ0v) is 12.2. The van der Waals surface area contributed by atoms with Crippen molar-refractivity contribution in [1.29, 1.82) is 0 Å². The van der Waals surface area contributed by atoms with E-state index in [0.717, 1.165) is 21.8 Å². The topological polar surface area (TPSA) is 184 Å². The van der Waals surface area contributed by atoms with Crippen molar-refractivity contribution in [1.82, 2.24) is 0 Å². The zero-order valence-electron chi connectivity index (χ0n) is 9.08. The van der Waals surface area contributed by atoms with Gasteiger partial charge in [0, 0.05) is 21.8 Å². The van der Waals surface area contributed by atoms with E-state index in [1.807, 2.05) is 0 Å². The van der Waals surface area contributed by atoms with E-state index < -0.39 is 20.5 Å². The molecular weight excluding hydrogens is 335 g/mol. The summed E-state index contributed by atoms with van der Waals surface area (Å²) in [5.74, 6) is 9.60. The fourth-order valence-corrected chi connectivity index (χ4v) is 8.20. The molecule has 3 heterocycles. The molecule has 0 N–H and O–H groups in total. The molecule has 0 aromatic rings. The van der Waals surface area contributed by atoms with Gasteiger partial charge in [-0.2, -0.15) is 0 Å². The van der Waals surface area contributed by atoms with Crippen LogP contribution in [-0.4, -0.2) is 34.5 Å². The quantitative estimate of drug-likeness (QED) is 0.386. The van der Waals surface area contributed by atoms with Crippen molar-refractivity contribution in [3.8, 4) is 0 Å². The maximum atomic E-state index is 8.49. The molecule has 3 saturated heterocycles. The maximum Gasteiger partial charge on any atom is 0.152 e. The predicted molar refractivity (Wildman–Crippen MR) is 43.9 cm³/mol.